The normalized spacial score (nSPS) is 12.7. The second-order valence-corrected chi connectivity index (χ2v) is 10.4. The highest BCUT2D eigenvalue weighted by molar-refractivity contribution is 7.18. The Kier molecular flexibility index (Phi) is 6.08. The van der Waals surface area contributed by atoms with Crippen LogP contribution in [0.4, 0.5) is 5.00 Å². The first kappa shape index (κ1) is 21.6. The molecule has 0 radical (unpaired) electrons. The molecule has 2 heterocycles. The number of nitrogens with one attached hydrogen (secondary N) is 1. The van der Waals surface area contributed by atoms with Crippen molar-refractivity contribution in [3.05, 3.63) is 81.9 Å². The van der Waals surface area contributed by atoms with Crippen LogP contribution in [0.25, 0.3) is 21.0 Å². The molecular weight excluding hydrogens is 446 g/mol. The summed E-state index contributed by atoms with van der Waals surface area (Å²) in [5.41, 5.74) is 5.83. The third-order valence-corrected chi connectivity index (χ3v) is 8.30. The number of hydrogen-bond donors (Lipinski definition) is 1. The molecule has 5 rings (SSSR count). The highest BCUT2D eigenvalue weighted by Gasteiger charge is 2.23. The fourth-order valence-corrected chi connectivity index (χ4v) is 6.55. The van der Waals surface area contributed by atoms with Crippen LogP contribution in [0.3, 0.4) is 0 Å². The smallest absolute Gasteiger partial charge is 0.231 e. The molecule has 0 bridgehead atoms. The second kappa shape index (κ2) is 9.30. The highest BCUT2D eigenvalue weighted by atomic mass is 32.1. The quantitative estimate of drug-likeness (QED) is 0.350. The van der Waals surface area contributed by atoms with Crippen molar-refractivity contribution in [1.29, 1.82) is 5.26 Å². The number of thiazole rings is 1. The number of amides is 1. The van der Waals surface area contributed by atoms with Gasteiger partial charge in [0.1, 0.15) is 16.1 Å². The lowest BCUT2D eigenvalue weighted by molar-refractivity contribution is -0.115. The number of fused-ring (bicyclic) bond motifs is 1. The Morgan fingerprint density at radius 3 is 2.55 bits per heavy atom. The van der Waals surface area contributed by atoms with E-state index in [1.54, 1.807) is 22.7 Å². The molecule has 1 aliphatic carbocycles. The first-order chi connectivity index (χ1) is 16.1. The molecule has 2 aromatic heterocycles. The van der Waals surface area contributed by atoms with Gasteiger partial charge in [0, 0.05) is 10.4 Å². The van der Waals surface area contributed by atoms with E-state index < -0.39 is 0 Å². The van der Waals surface area contributed by atoms with Crippen LogP contribution in [0, 0.1) is 18.3 Å². The van der Waals surface area contributed by atoms with E-state index in [1.807, 2.05) is 30.3 Å². The third-order valence-electron chi connectivity index (χ3n) is 5.90. The summed E-state index contributed by atoms with van der Waals surface area (Å²) >= 11 is 3.17. The van der Waals surface area contributed by atoms with Gasteiger partial charge in [-0.15, -0.1) is 22.7 Å². The van der Waals surface area contributed by atoms with Crippen LogP contribution in [0.1, 0.15) is 40.1 Å². The summed E-state index contributed by atoms with van der Waals surface area (Å²) in [6, 6.07) is 20.7. The third kappa shape index (κ3) is 4.47. The lowest BCUT2D eigenvalue weighted by atomic mass is 9.96. The van der Waals surface area contributed by atoms with Crippen molar-refractivity contribution in [3.8, 4) is 27.1 Å². The van der Waals surface area contributed by atoms with Crippen molar-refractivity contribution >= 4 is 33.6 Å². The van der Waals surface area contributed by atoms with Crippen LogP contribution in [0.5, 0.6) is 0 Å². The van der Waals surface area contributed by atoms with Gasteiger partial charge in [0.15, 0.2) is 0 Å². The summed E-state index contributed by atoms with van der Waals surface area (Å²) in [5.74, 6) is -0.136. The Balaban J connectivity index is 1.46. The van der Waals surface area contributed by atoms with Crippen LogP contribution in [-0.4, -0.2) is 10.9 Å². The van der Waals surface area contributed by atoms with Gasteiger partial charge in [-0.1, -0.05) is 60.2 Å². The van der Waals surface area contributed by atoms with Crippen LogP contribution in [0.15, 0.2) is 54.6 Å². The zero-order valence-corrected chi connectivity index (χ0v) is 20.0. The molecule has 0 saturated heterocycles. The Labute approximate surface area is 201 Å². The minimum atomic E-state index is -0.136. The molecule has 0 fully saturated rings. The summed E-state index contributed by atoms with van der Waals surface area (Å²) in [7, 11) is 0. The number of aromatic nitrogens is 1. The van der Waals surface area contributed by atoms with Gasteiger partial charge in [-0.2, -0.15) is 5.26 Å². The highest BCUT2D eigenvalue weighted by Crippen LogP contribution is 2.39. The molecule has 164 valence electrons. The van der Waals surface area contributed by atoms with Crippen LogP contribution < -0.4 is 5.32 Å². The average molecular weight is 470 g/mol. The topological polar surface area (TPSA) is 65.8 Å². The minimum absolute atomic E-state index is 0.136. The number of nitriles is 1. The maximum atomic E-state index is 13.1. The predicted molar refractivity (Wildman–Crippen MR) is 136 cm³/mol. The number of benzene rings is 2. The summed E-state index contributed by atoms with van der Waals surface area (Å²) < 4.78 is 0. The summed E-state index contributed by atoms with van der Waals surface area (Å²) in [4.78, 5) is 20.2. The molecule has 0 spiro atoms. The van der Waals surface area contributed by atoms with Gasteiger partial charge in [0.25, 0.3) is 0 Å². The molecule has 2 aromatic carbocycles. The molecule has 0 aliphatic heterocycles. The first-order valence-corrected chi connectivity index (χ1v) is 12.7. The molecule has 33 heavy (non-hydrogen) atoms. The fraction of sp³-hybridized carbons (Fsp3) is 0.222. The summed E-state index contributed by atoms with van der Waals surface area (Å²) in [6.07, 6.45) is 4.34. The molecule has 0 saturated carbocycles. The molecule has 0 atom stereocenters. The van der Waals surface area contributed by atoms with E-state index in [-0.39, 0.29) is 12.3 Å². The van der Waals surface area contributed by atoms with Gasteiger partial charge in [-0.05, 0) is 43.7 Å². The lowest BCUT2D eigenvalue weighted by Crippen LogP contribution is -2.15. The van der Waals surface area contributed by atoms with Gasteiger partial charge < -0.3 is 5.32 Å². The number of hydrogen-bond acceptors (Lipinski definition) is 5. The Hall–Kier alpha value is -3.27. The van der Waals surface area contributed by atoms with E-state index in [4.69, 9.17) is 4.98 Å². The predicted octanol–water partition coefficient (Wildman–Crippen LogP) is 6.78. The van der Waals surface area contributed by atoms with Crippen LogP contribution >= 0.6 is 22.7 Å². The molecule has 1 amide bonds. The Morgan fingerprint density at radius 2 is 1.79 bits per heavy atom. The standard InChI is InChI=1S/C27H23N3OS2/c1-17-11-13-18(14-12-17)25-22(29-26(33-25)19-7-3-2-4-8-19)15-24(31)30-27-21(16-28)20-9-5-6-10-23(20)32-27/h2-4,7-8,11-14H,5-6,9-10,15H2,1H3,(H,30,31). The maximum Gasteiger partial charge on any atom is 0.231 e. The largest absolute Gasteiger partial charge is 0.316 e. The fourth-order valence-electron chi connectivity index (χ4n) is 4.20. The molecule has 0 unspecified atom stereocenters. The number of anilines is 1. The summed E-state index contributed by atoms with van der Waals surface area (Å²) in [5, 5.41) is 14.3. The molecular formula is C27H23N3OS2. The van der Waals surface area contributed by atoms with Gasteiger partial charge in [0.05, 0.1) is 22.6 Å². The van der Waals surface area contributed by atoms with Crippen molar-refractivity contribution < 1.29 is 4.79 Å². The number of thiophene rings is 1. The first-order valence-electron chi connectivity index (χ1n) is 11.1. The lowest BCUT2D eigenvalue weighted by Gasteiger charge is -2.09. The van der Waals surface area contributed by atoms with E-state index in [2.05, 4.69) is 42.6 Å². The number of carbonyl (C=O) groups excluding carboxylic acids is 1. The van der Waals surface area contributed by atoms with Gasteiger partial charge in [-0.25, -0.2) is 4.98 Å². The number of aryl methyl sites for hydroxylation is 2. The van der Waals surface area contributed by atoms with Gasteiger partial charge >= 0.3 is 0 Å². The number of rotatable bonds is 5. The van der Waals surface area contributed by atoms with Crippen molar-refractivity contribution in [2.75, 3.05) is 5.32 Å². The minimum Gasteiger partial charge on any atom is -0.316 e. The van der Waals surface area contributed by atoms with Crippen molar-refractivity contribution in [2.24, 2.45) is 0 Å². The SMILES string of the molecule is Cc1ccc(-c2sc(-c3ccccc3)nc2CC(=O)Nc2sc3c(c2C#N)CCCC3)cc1. The number of carbonyl (C=O) groups is 1. The van der Waals surface area contributed by atoms with E-state index in [9.17, 15) is 10.1 Å². The molecule has 1 N–H and O–H groups in total. The van der Waals surface area contributed by atoms with Crippen molar-refractivity contribution in [2.45, 2.75) is 39.0 Å². The van der Waals surface area contributed by atoms with Crippen LogP contribution in [0.2, 0.25) is 0 Å². The van der Waals surface area contributed by atoms with E-state index in [1.165, 1.54) is 10.4 Å². The molecule has 4 nitrogen and oxygen atoms in total. The van der Waals surface area contributed by atoms with E-state index in [0.29, 0.717) is 10.6 Å². The van der Waals surface area contributed by atoms with Gasteiger partial charge in [-0.3, -0.25) is 4.79 Å². The average Bonchev–Trinajstić information content (AvgIpc) is 3.41. The number of nitrogens with zero attached hydrogens (tertiary/aromatic N) is 2. The zero-order valence-electron chi connectivity index (χ0n) is 18.4. The molecule has 6 heteroatoms. The summed E-state index contributed by atoms with van der Waals surface area (Å²) in [6.45, 7) is 2.06. The van der Waals surface area contributed by atoms with Gasteiger partial charge in [0.2, 0.25) is 5.91 Å². The Morgan fingerprint density at radius 1 is 1.03 bits per heavy atom. The van der Waals surface area contributed by atoms with Crippen molar-refractivity contribution in [3.63, 3.8) is 0 Å². The maximum absolute atomic E-state index is 13.1. The van der Waals surface area contributed by atoms with Crippen molar-refractivity contribution in [1.82, 2.24) is 4.98 Å². The Bertz CT molecular complexity index is 1340. The van der Waals surface area contributed by atoms with E-state index >= 15 is 0 Å². The van der Waals surface area contributed by atoms with Crippen LogP contribution in [-0.2, 0) is 24.1 Å². The second-order valence-electron chi connectivity index (χ2n) is 8.28. The monoisotopic (exact) mass is 469 g/mol. The zero-order chi connectivity index (χ0) is 22.8. The molecule has 1 aliphatic rings. The molecule has 4 aromatic rings. The van der Waals surface area contributed by atoms with E-state index in [0.717, 1.165) is 58.0 Å².